The number of aryl methyl sites for hydroxylation is 1. The Kier molecular flexibility index (Phi) is 4.05. The molecule has 0 saturated carbocycles. The van der Waals surface area contributed by atoms with Crippen molar-refractivity contribution in [2.45, 2.75) is 25.7 Å². The predicted molar refractivity (Wildman–Crippen MR) is 72.0 cm³/mol. The zero-order valence-corrected chi connectivity index (χ0v) is 12.4. The number of carbonyl (C=O) groups excluding carboxylic acids is 1. The molecular weight excluding hydrogens is 321 g/mol. The van der Waals surface area contributed by atoms with Gasteiger partial charge in [0.05, 0.1) is 13.4 Å². The van der Waals surface area contributed by atoms with Gasteiger partial charge in [0.1, 0.15) is 12.6 Å². The number of alkyl halides is 3. The van der Waals surface area contributed by atoms with Crippen molar-refractivity contribution in [1.82, 2.24) is 18.7 Å². The Morgan fingerprint density at radius 2 is 2.00 bits per heavy atom. The highest BCUT2D eigenvalue weighted by Gasteiger charge is 2.31. The van der Waals surface area contributed by atoms with Crippen molar-refractivity contribution in [2.24, 2.45) is 7.05 Å². The monoisotopic (exact) mass is 334 g/mol. The lowest BCUT2D eigenvalue weighted by molar-refractivity contribution is -0.144. The van der Waals surface area contributed by atoms with Crippen LogP contribution < -0.4 is 11.2 Å². The van der Waals surface area contributed by atoms with Crippen LogP contribution in [0.1, 0.15) is 13.0 Å². The maximum atomic E-state index is 12.6. The molecule has 2 rings (SSSR count). The lowest BCUT2D eigenvalue weighted by Crippen LogP contribution is -2.43. The number of hydrogen-bond acceptors (Lipinski definition) is 5. The van der Waals surface area contributed by atoms with E-state index in [-0.39, 0.29) is 15.7 Å². The van der Waals surface area contributed by atoms with Crippen molar-refractivity contribution in [3.63, 3.8) is 0 Å². The summed E-state index contributed by atoms with van der Waals surface area (Å²) in [5.41, 5.74) is -2.71. The molecule has 23 heavy (non-hydrogen) atoms. The molecule has 0 N–H and O–H groups in total. The first-order valence-corrected chi connectivity index (χ1v) is 6.39. The third-order valence-corrected chi connectivity index (χ3v) is 3.35. The standard InChI is InChI=1S/C12H13F3N4O4/c1-6(10(21)23-3)19-5-16-8-7(19)9(20)18(4-12(13,14)15)11(22)17(8)2/h5-6H,4H2,1-3H3/t6-/m0/s1. The fourth-order valence-corrected chi connectivity index (χ4v) is 2.19. The van der Waals surface area contributed by atoms with Crippen molar-refractivity contribution < 1.29 is 22.7 Å². The SMILES string of the molecule is COC(=O)[C@H](C)n1cnc2c1c(=O)n(CC(F)(F)F)c(=O)n2C. The number of methoxy groups -OCH3 is 1. The van der Waals surface area contributed by atoms with Crippen molar-refractivity contribution in [1.29, 1.82) is 0 Å². The van der Waals surface area contributed by atoms with Crippen molar-refractivity contribution in [2.75, 3.05) is 7.11 Å². The topological polar surface area (TPSA) is 88.1 Å². The van der Waals surface area contributed by atoms with Crippen LogP contribution in [0.2, 0.25) is 0 Å². The Hall–Kier alpha value is -2.59. The quantitative estimate of drug-likeness (QED) is 0.748. The van der Waals surface area contributed by atoms with Gasteiger partial charge in [-0.1, -0.05) is 0 Å². The first-order valence-electron chi connectivity index (χ1n) is 6.39. The van der Waals surface area contributed by atoms with Crippen LogP contribution in [-0.4, -0.2) is 37.9 Å². The molecule has 1 atom stereocenters. The van der Waals surface area contributed by atoms with E-state index in [0.29, 0.717) is 0 Å². The van der Waals surface area contributed by atoms with Gasteiger partial charge in [-0.15, -0.1) is 0 Å². The Morgan fingerprint density at radius 3 is 2.52 bits per heavy atom. The molecule has 8 nitrogen and oxygen atoms in total. The number of nitrogens with zero attached hydrogens (tertiary/aromatic N) is 4. The van der Waals surface area contributed by atoms with E-state index in [1.54, 1.807) is 0 Å². The maximum absolute atomic E-state index is 12.6. The summed E-state index contributed by atoms with van der Waals surface area (Å²) in [5, 5.41) is 0. The third-order valence-electron chi connectivity index (χ3n) is 3.35. The third kappa shape index (κ3) is 2.85. The second-order valence-electron chi connectivity index (χ2n) is 4.87. The molecule has 2 aromatic heterocycles. The number of fused-ring (bicyclic) bond motifs is 1. The van der Waals surface area contributed by atoms with Crippen LogP contribution in [0.15, 0.2) is 15.9 Å². The Bertz CT molecular complexity index is 877. The molecule has 0 aliphatic rings. The highest BCUT2D eigenvalue weighted by Crippen LogP contribution is 2.17. The van der Waals surface area contributed by atoms with E-state index < -0.39 is 36.0 Å². The molecule has 0 fully saturated rings. The number of esters is 1. The van der Waals surface area contributed by atoms with E-state index in [4.69, 9.17) is 0 Å². The van der Waals surface area contributed by atoms with E-state index in [9.17, 15) is 27.6 Å². The van der Waals surface area contributed by atoms with Crippen molar-refractivity contribution >= 4 is 17.1 Å². The Morgan fingerprint density at radius 1 is 1.39 bits per heavy atom. The van der Waals surface area contributed by atoms with Gasteiger partial charge in [0.2, 0.25) is 0 Å². The van der Waals surface area contributed by atoms with E-state index in [2.05, 4.69) is 9.72 Å². The molecule has 2 heterocycles. The van der Waals surface area contributed by atoms with Crippen LogP contribution in [0.3, 0.4) is 0 Å². The van der Waals surface area contributed by atoms with E-state index in [0.717, 1.165) is 22.6 Å². The zero-order valence-electron chi connectivity index (χ0n) is 12.4. The lowest BCUT2D eigenvalue weighted by Gasteiger charge is -2.14. The molecule has 0 saturated heterocycles. The lowest BCUT2D eigenvalue weighted by atomic mass is 10.3. The number of carbonyl (C=O) groups is 1. The summed E-state index contributed by atoms with van der Waals surface area (Å²) in [6.07, 6.45) is -3.65. The fraction of sp³-hybridized carbons (Fsp3) is 0.500. The predicted octanol–water partition coefficient (Wildman–Crippen LogP) is 0.193. The van der Waals surface area contributed by atoms with Crippen LogP contribution >= 0.6 is 0 Å². The van der Waals surface area contributed by atoms with E-state index in [1.165, 1.54) is 14.0 Å². The summed E-state index contributed by atoms with van der Waals surface area (Å²) in [7, 11) is 2.33. The summed E-state index contributed by atoms with van der Waals surface area (Å²) in [6, 6.07) is -0.991. The number of hydrogen-bond donors (Lipinski definition) is 0. The van der Waals surface area contributed by atoms with Crippen LogP contribution in [0.4, 0.5) is 13.2 Å². The molecule has 0 spiro atoms. The summed E-state index contributed by atoms with van der Waals surface area (Å²) in [6.45, 7) is -0.335. The summed E-state index contributed by atoms with van der Waals surface area (Å²) in [5.74, 6) is -0.708. The second-order valence-corrected chi connectivity index (χ2v) is 4.87. The van der Waals surface area contributed by atoms with Gasteiger partial charge in [-0.2, -0.15) is 13.2 Å². The van der Waals surface area contributed by atoms with Gasteiger partial charge < -0.3 is 9.30 Å². The molecule has 11 heteroatoms. The molecule has 0 aliphatic heterocycles. The van der Waals surface area contributed by atoms with Crippen molar-refractivity contribution in [3.05, 3.63) is 27.2 Å². The average molecular weight is 334 g/mol. The van der Waals surface area contributed by atoms with Crippen LogP contribution in [0.5, 0.6) is 0 Å². The number of ether oxygens (including phenoxy) is 1. The number of aromatic nitrogens is 4. The highest BCUT2D eigenvalue weighted by molar-refractivity contribution is 5.78. The first-order chi connectivity index (χ1) is 10.6. The average Bonchev–Trinajstić information content (AvgIpc) is 2.91. The molecular formula is C12H13F3N4O4. The van der Waals surface area contributed by atoms with Gasteiger partial charge in [-0.05, 0) is 6.92 Å². The largest absolute Gasteiger partial charge is 0.467 e. The Labute approximate surface area is 126 Å². The molecule has 0 amide bonds. The molecule has 2 aromatic rings. The number of rotatable bonds is 3. The molecule has 0 aliphatic carbocycles. The number of imidazole rings is 1. The summed E-state index contributed by atoms with van der Waals surface area (Å²) in [4.78, 5) is 39.7. The molecule has 0 unspecified atom stereocenters. The van der Waals surface area contributed by atoms with Crippen LogP contribution in [-0.2, 0) is 23.1 Å². The summed E-state index contributed by atoms with van der Waals surface area (Å²) >= 11 is 0. The van der Waals surface area contributed by atoms with Crippen LogP contribution in [0.25, 0.3) is 11.2 Å². The van der Waals surface area contributed by atoms with E-state index >= 15 is 0 Å². The smallest absolute Gasteiger partial charge is 0.406 e. The summed E-state index contributed by atoms with van der Waals surface area (Å²) < 4.78 is 44.3. The van der Waals surface area contributed by atoms with Gasteiger partial charge in [0, 0.05) is 7.05 Å². The minimum atomic E-state index is -4.75. The second kappa shape index (κ2) is 5.56. The maximum Gasteiger partial charge on any atom is 0.406 e. The minimum Gasteiger partial charge on any atom is -0.467 e. The first kappa shape index (κ1) is 16.8. The normalized spacial score (nSPS) is 13.3. The number of halogens is 3. The van der Waals surface area contributed by atoms with Gasteiger partial charge in [-0.3, -0.25) is 9.36 Å². The molecule has 126 valence electrons. The van der Waals surface area contributed by atoms with E-state index in [1.807, 2.05) is 0 Å². The minimum absolute atomic E-state index is 0.0600. The van der Waals surface area contributed by atoms with Gasteiger partial charge in [0.25, 0.3) is 5.56 Å². The highest BCUT2D eigenvalue weighted by atomic mass is 19.4. The Balaban J connectivity index is 2.80. The molecule has 0 bridgehead atoms. The fourth-order valence-electron chi connectivity index (χ4n) is 2.19. The van der Waals surface area contributed by atoms with Gasteiger partial charge >= 0.3 is 17.8 Å². The van der Waals surface area contributed by atoms with Gasteiger partial charge in [-0.25, -0.2) is 19.1 Å². The zero-order chi connectivity index (χ0) is 17.5. The van der Waals surface area contributed by atoms with Gasteiger partial charge in [0.15, 0.2) is 11.2 Å². The van der Waals surface area contributed by atoms with Crippen LogP contribution in [0, 0.1) is 0 Å². The molecule has 0 aromatic carbocycles. The molecule has 0 radical (unpaired) electrons. The van der Waals surface area contributed by atoms with Crippen molar-refractivity contribution in [3.8, 4) is 0 Å².